The Balaban J connectivity index is 2.03. The molecule has 1 aliphatic carbocycles. The maximum atomic E-state index is 12.5. The normalized spacial score (nSPS) is 13.9. The van der Waals surface area contributed by atoms with E-state index in [-0.39, 0.29) is 17.7 Å². The molecule has 130 valence electrons. The largest absolute Gasteiger partial charge is 0.467 e. The Hall–Kier alpha value is -2.62. The van der Waals surface area contributed by atoms with Crippen LogP contribution in [0.1, 0.15) is 37.3 Å². The number of hydrogen-bond donors (Lipinski definition) is 1. The number of hydrogen-bond acceptors (Lipinski definition) is 3. The van der Waals surface area contributed by atoms with Crippen LogP contribution in [0.3, 0.4) is 0 Å². The highest BCUT2D eigenvalue weighted by Gasteiger charge is 2.39. The van der Waals surface area contributed by atoms with E-state index in [9.17, 15) is 9.59 Å². The van der Waals surface area contributed by atoms with E-state index < -0.39 is 12.0 Å². The Morgan fingerprint density at radius 1 is 1.00 bits per heavy atom. The van der Waals surface area contributed by atoms with Gasteiger partial charge in [-0.2, -0.15) is 0 Å². The van der Waals surface area contributed by atoms with E-state index in [0.29, 0.717) is 6.42 Å². The molecule has 0 heterocycles. The molecular formula is C21H23NO3. The number of fused-ring (bicyclic) bond motifs is 3. The van der Waals surface area contributed by atoms with Crippen LogP contribution >= 0.6 is 0 Å². The maximum absolute atomic E-state index is 12.5. The Labute approximate surface area is 148 Å². The Morgan fingerprint density at radius 2 is 1.52 bits per heavy atom. The van der Waals surface area contributed by atoms with E-state index >= 15 is 0 Å². The first-order valence-electron chi connectivity index (χ1n) is 8.58. The number of rotatable bonds is 5. The standard InChI is InChI=1S/C21H23NO3/c1-13(2)12-18(23)22-20(21(24)25-3)19-16-10-6-4-8-14(16)15-9-5-7-11-17(15)19/h4-11,13,19-20H,12H2,1-3H3,(H,22,23)/t20-/m0/s1. The number of esters is 1. The van der Waals surface area contributed by atoms with Crippen molar-refractivity contribution < 1.29 is 14.3 Å². The smallest absolute Gasteiger partial charge is 0.329 e. The Bertz CT molecular complexity index is 752. The second-order valence-corrected chi connectivity index (χ2v) is 6.82. The van der Waals surface area contributed by atoms with E-state index in [4.69, 9.17) is 4.74 Å². The summed E-state index contributed by atoms with van der Waals surface area (Å²) < 4.78 is 5.01. The van der Waals surface area contributed by atoms with Crippen LogP contribution < -0.4 is 5.32 Å². The molecule has 2 aromatic rings. The minimum Gasteiger partial charge on any atom is -0.467 e. The summed E-state index contributed by atoms with van der Waals surface area (Å²) in [5, 5.41) is 2.91. The second-order valence-electron chi connectivity index (χ2n) is 6.82. The summed E-state index contributed by atoms with van der Waals surface area (Å²) in [5.41, 5.74) is 4.30. The monoisotopic (exact) mass is 337 g/mol. The van der Waals surface area contributed by atoms with E-state index in [0.717, 1.165) is 22.3 Å². The molecule has 0 unspecified atom stereocenters. The molecule has 1 amide bonds. The van der Waals surface area contributed by atoms with Crippen molar-refractivity contribution in [3.8, 4) is 11.1 Å². The first-order chi connectivity index (χ1) is 12.0. The topological polar surface area (TPSA) is 55.4 Å². The van der Waals surface area contributed by atoms with Gasteiger partial charge in [-0.25, -0.2) is 4.79 Å². The Morgan fingerprint density at radius 3 is 2.00 bits per heavy atom. The van der Waals surface area contributed by atoms with Gasteiger partial charge in [0.1, 0.15) is 6.04 Å². The van der Waals surface area contributed by atoms with Crippen molar-refractivity contribution >= 4 is 11.9 Å². The molecule has 0 fully saturated rings. The number of carbonyl (C=O) groups excluding carboxylic acids is 2. The fourth-order valence-corrected chi connectivity index (χ4v) is 3.56. The van der Waals surface area contributed by atoms with Gasteiger partial charge in [-0.05, 0) is 28.2 Å². The summed E-state index contributed by atoms with van der Waals surface area (Å²) >= 11 is 0. The molecule has 0 radical (unpaired) electrons. The molecule has 4 heteroatoms. The van der Waals surface area contributed by atoms with Gasteiger partial charge in [-0.1, -0.05) is 62.4 Å². The van der Waals surface area contributed by atoms with Crippen LogP contribution in [0.4, 0.5) is 0 Å². The van der Waals surface area contributed by atoms with Gasteiger partial charge in [-0.3, -0.25) is 4.79 Å². The van der Waals surface area contributed by atoms with Crippen molar-refractivity contribution in [1.29, 1.82) is 0 Å². The van der Waals surface area contributed by atoms with Crippen LogP contribution in [0.2, 0.25) is 0 Å². The van der Waals surface area contributed by atoms with Crippen LogP contribution in [-0.2, 0) is 14.3 Å². The van der Waals surface area contributed by atoms with Crippen molar-refractivity contribution in [2.45, 2.75) is 32.2 Å². The number of carbonyl (C=O) groups is 2. The highest BCUT2D eigenvalue weighted by atomic mass is 16.5. The molecule has 2 aromatic carbocycles. The van der Waals surface area contributed by atoms with Gasteiger partial charge in [0.15, 0.2) is 0 Å². The lowest BCUT2D eigenvalue weighted by Gasteiger charge is -2.25. The zero-order chi connectivity index (χ0) is 18.0. The van der Waals surface area contributed by atoms with E-state index in [1.54, 1.807) is 0 Å². The van der Waals surface area contributed by atoms with E-state index in [1.165, 1.54) is 7.11 Å². The summed E-state index contributed by atoms with van der Waals surface area (Å²) in [6, 6.07) is 15.3. The van der Waals surface area contributed by atoms with Crippen molar-refractivity contribution in [2.75, 3.05) is 7.11 Å². The average Bonchev–Trinajstić information content (AvgIpc) is 2.93. The van der Waals surface area contributed by atoms with E-state index in [2.05, 4.69) is 17.4 Å². The summed E-state index contributed by atoms with van der Waals surface area (Å²) in [6.07, 6.45) is 0.378. The van der Waals surface area contributed by atoms with Crippen LogP contribution in [0.15, 0.2) is 48.5 Å². The first kappa shape index (κ1) is 17.2. The highest BCUT2D eigenvalue weighted by Crippen LogP contribution is 2.46. The number of ether oxygens (including phenoxy) is 1. The first-order valence-corrected chi connectivity index (χ1v) is 8.58. The molecule has 0 bridgehead atoms. The third-order valence-electron chi connectivity index (χ3n) is 4.58. The van der Waals surface area contributed by atoms with Crippen molar-refractivity contribution in [1.82, 2.24) is 5.32 Å². The van der Waals surface area contributed by atoms with Crippen LogP contribution in [0, 0.1) is 5.92 Å². The molecule has 0 aromatic heterocycles. The average molecular weight is 337 g/mol. The zero-order valence-corrected chi connectivity index (χ0v) is 14.8. The highest BCUT2D eigenvalue weighted by molar-refractivity contribution is 5.89. The minimum absolute atomic E-state index is 0.132. The van der Waals surface area contributed by atoms with Gasteiger partial charge in [0.05, 0.1) is 7.11 Å². The summed E-state index contributed by atoms with van der Waals surface area (Å²) in [6.45, 7) is 3.96. The van der Waals surface area contributed by atoms with Gasteiger partial charge in [0.2, 0.25) is 5.91 Å². The predicted octanol–water partition coefficient (Wildman–Crippen LogP) is 3.50. The van der Waals surface area contributed by atoms with Gasteiger partial charge in [0.25, 0.3) is 0 Å². The fourth-order valence-electron chi connectivity index (χ4n) is 3.56. The fraction of sp³-hybridized carbons (Fsp3) is 0.333. The molecule has 0 spiro atoms. The van der Waals surface area contributed by atoms with Crippen LogP contribution in [0.5, 0.6) is 0 Å². The summed E-state index contributed by atoms with van der Waals surface area (Å²) in [4.78, 5) is 24.8. The van der Waals surface area contributed by atoms with Gasteiger partial charge < -0.3 is 10.1 Å². The van der Waals surface area contributed by atoms with Crippen molar-refractivity contribution in [2.24, 2.45) is 5.92 Å². The van der Waals surface area contributed by atoms with E-state index in [1.807, 2.05) is 50.2 Å². The summed E-state index contributed by atoms with van der Waals surface area (Å²) in [7, 11) is 1.36. The molecule has 0 aliphatic heterocycles. The SMILES string of the molecule is COC(=O)[C@@H](NC(=O)CC(C)C)C1c2ccccc2-c2ccccc21. The molecule has 25 heavy (non-hydrogen) atoms. The van der Waals surface area contributed by atoms with Gasteiger partial charge >= 0.3 is 5.97 Å². The number of methoxy groups -OCH3 is 1. The maximum Gasteiger partial charge on any atom is 0.329 e. The Kier molecular flexibility index (Phi) is 4.88. The number of benzene rings is 2. The third-order valence-corrected chi connectivity index (χ3v) is 4.58. The number of amides is 1. The quantitative estimate of drug-likeness (QED) is 0.850. The zero-order valence-electron chi connectivity index (χ0n) is 14.8. The number of nitrogens with one attached hydrogen (secondary N) is 1. The molecule has 0 saturated heterocycles. The minimum atomic E-state index is -0.735. The van der Waals surface area contributed by atoms with Crippen molar-refractivity contribution in [3.63, 3.8) is 0 Å². The lowest BCUT2D eigenvalue weighted by molar-refractivity contribution is -0.145. The molecule has 4 nitrogen and oxygen atoms in total. The molecule has 1 N–H and O–H groups in total. The molecule has 1 atom stereocenters. The molecule has 0 saturated carbocycles. The van der Waals surface area contributed by atoms with Gasteiger partial charge in [-0.15, -0.1) is 0 Å². The van der Waals surface area contributed by atoms with Gasteiger partial charge in [0, 0.05) is 12.3 Å². The molecule has 3 rings (SSSR count). The third kappa shape index (κ3) is 3.29. The summed E-state index contributed by atoms with van der Waals surface area (Å²) in [5.74, 6) is -0.571. The molecule has 1 aliphatic rings. The second kappa shape index (κ2) is 7.09. The predicted molar refractivity (Wildman–Crippen MR) is 97.1 cm³/mol. The lowest BCUT2D eigenvalue weighted by Crippen LogP contribution is -2.45. The van der Waals surface area contributed by atoms with Crippen LogP contribution in [0.25, 0.3) is 11.1 Å². The molecular weight excluding hydrogens is 314 g/mol. The lowest BCUT2D eigenvalue weighted by atomic mass is 9.89. The van der Waals surface area contributed by atoms with Crippen molar-refractivity contribution in [3.05, 3.63) is 59.7 Å². The van der Waals surface area contributed by atoms with Crippen LogP contribution in [-0.4, -0.2) is 25.0 Å².